The number of carboxylic acids is 1. The van der Waals surface area contributed by atoms with Crippen LogP contribution in [0.2, 0.25) is 0 Å². The van der Waals surface area contributed by atoms with E-state index in [1.165, 1.54) is 12.8 Å². The normalized spacial score (nSPS) is 15.5. The van der Waals surface area contributed by atoms with Gasteiger partial charge in [0.15, 0.2) is 17.4 Å². The molecule has 0 bridgehead atoms. The lowest BCUT2D eigenvalue weighted by Crippen LogP contribution is -2.22. The average molecular weight is 285 g/mol. The summed E-state index contributed by atoms with van der Waals surface area (Å²) in [6, 6.07) is 1.53. The Balaban J connectivity index is 1.87. The van der Waals surface area contributed by atoms with E-state index in [9.17, 15) is 13.6 Å². The Morgan fingerprint density at radius 3 is 2.40 bits per heavy atom. The van der Waals surface area contributed by atoms with E-state index in [1.807, 2.05) is 0 Å². The van der Waals surface area contributed by atoms with E-state index in [4.69, 9.17) is 9.84 Å². The van der Waals surface area contributed by atoms with Gasteiger partial charge in [-0.2, -0.15) is 0 Å². The average Bonchev–Trinajstić information content (AvgIpc) is 2.89. The first-order valence-corrected chi connectivity index (χ1v) is 6.65. The number of aromatic carboxylic acids is 1. The summed E-state index contributed by atoms with van der Waals surface area (Å²) in [4.78, 5) is 12.9. The van der Waals surface area contributed by atoms with Gasteiger partial charge in [0.25, 0.3) is 0 Å². The van der Waals surface area contributed by atoms with Crippen LogP contribution in [0.25, 0.3) is 0 Å². The van der Waals surface area contributed by atoms with E-state index < -0.39 is 28.9 Å². The van der Waals surface area contributed by atoms with Crippen molar-refractivity contribution in [3.8, 4) is 5.75 Å². The molecule has 2 rings (SSSR count). The van der Waals surface area contributed by atoms with Crippen molar-refractivity contribution in [1.29, 1.82) is 0 Å². The molecule has 0 aliphatic carbocycles. The molecule has 1 aliphatic rings. The highest BCUT2D eigenvalue weighted by Crippen LogP contribution is 2.23. The number of nitrogens with zero attached hydrogens (tertiary/aromatic N) is 1. The molecule has 1 aliphatic heterocycles. The van der Waals surface area contributed by atoms with Gasteiger partial charge in [-0.25, -0.2) is 13.6 Å². The van der Waals surface area contributed by atoms with Crippen LogP contribution in [-0.2, 0) is 0 Å². The van der Waals surface area contributed by atoms with Crippen molar-refractivity contribution in [3.05, 3.63) is 29.3 Å². The first kappa shape index (κ1) is 14.7. The lowest BCUT2D eigenvalue weighted by molar-refractivity contribution is 0.0695. The Morgan fingerprint density at radius 1 is 1.25 bits per heavy atom. The number of carboxylic acid groups (broad SMARTS) is 1. The van der Waals surface area contributed by atoms with Gasteiger partial charge >= 0.3 is 5.97 Å². The largest absolute Gasteiger partial charge is 0.488 e. The van der Waals surface area contributed by atoms with Gasteiger partial charge < -0.3 is 14.7 Å². The second-order valence-electron chi connectivity index (χ2n) is 4.82. The van der Waals surface area contributed by atoms with Crippen molar-refractivity contribution in [2.45, 2.75) is 19.3 Å². The molecule has 0 amide bonds. The third-order valence-corrected chi connectivity index (χ3v) is 3.31. The molecule has 6 heteroatoms. The van der Waals surface area contributed by atoms with Crippen molar-refractivity contribution in [3.63, 3.8) is 0 Å². The molecule has 0 atom stereocenters. The first-order chi connectivity index (χ1) is 9.58. The number of hydrogen-bond acceptors (Lipinski definition) is 3. The molecule has 0 spiro atoms. The molecular weight excluding hydrogens is 268 g/mol. The standard InChI is InChI=1S/C14H17F2NO3/c15-11-8-10(14(18)19)9-12(16)13(11)20-7-3-6-17-4-1-2-5-17/h8-9H,1-7H2,(H,18,19). The molecular formula is C14H17F2NO3. The summed E-state index contributed by atoms with van der Waals surface area (Å²) in [6.45, 7) is 3.18. The van der Waals surface area contributed by atoms with Crippen LogP contribution in [0.4, 0.5) is 8.78 Å². The zero-order valence-corrected chi connectivity index (χ0v) is 11.1. The smallest absolute Gasteiger partial charge is 0.335 e. The lowest BCUT2D eigenvalue weighted by Gasteiger charge is -2.14. The van der Waals surface area contributed by atoms with Crippen molar-refractivity contribution < 1.29 is 23.4 Å². The summed E-state index contributed by atoms with van der Waals surface area (Å²) < 4.78 is 32.2. The van der Waals surface area contributed by atoms with Gasteiger partial charge in [0, 0.05) is 6.54 Å². The van der Waals surface area contributed by atoms with Gasteiger partial charge in [-0.05, 0) is 44.5 Å². The van der Waals surface area contributed by atoms with Gasteiger partial charge in [-0.1, -0.05) is 0 Å². The number of rotatable bonds is 6. The van der Waals surface area contributed by atoms with Crippen LogP contribution >= 0.6 is 0 Å². The number of carbonyl (C=O) groups is 1. The minimum atomic E-state index is -1.37. The third kappa shape index (κ3) is 3.66. The summed E-state index contributed by atoms with van der Waals surface area (Å²) >= 11 is 0. The Labute approximate surface area is 116 Å². The molecule has 1 saturated heterocycles. The molecule has 0 saturated carbocycles. The van der Waals surface area contributed by atoms with Crippen LogP contribution in [0.1, 0.15) is 29.6 Å². The van der Waals surface area contributed by atoms with Crippen LogP contribution in [0.5, 0.6) is 5.75 Å². The number of benzene rings is 1. The topological polar surface area (TPSA) is 49.8 Å². The Kier molecular flexibility index (Phi) is 4.89. The van der Waals surface area contributed by atoms with Crippen LogP contribution in [0.3, 0.4) is 0 Å². The zero-order valence-electron chi connectivity index (χ0n) is 11.1. The molecule has 4 nitrogen and oxygen atoms in total. The second kappa shape index (κ2) is 6.65. The fraction of sp³-hybridized carbons (Fsp3) is 0.500. The maximum atomic E-state index is 13.6. The van der Waals surface area contributed by atoms with Crippen LogP contribution in [-0.4, -0.2) is 42.2 Å². The summed E-state index contributed by atoms with van der Waals surface area (Å²) in [5.74, 6) is -3.84. The molecule has 1 aromatic carbocycles. The highest BCUT2D eigenvalue weighted by Gasteiger charge is 2.16. The summed E-state index contributed by atoms with van der Waals surface area (Å²) in [5.41, 5.74) is -0.426. The van der Waals surface area contributed by atoms with Crippen molar-refractivity contribution >= 4 is 5.97 Å². The minimum Gasteiger partial charge on any atom is -0.488 e. The molecule has 1 fully saturated rings. The molecule has 1 heterocycles. The highest BCUT2D eigenvalue weighted by molar-refractivity contribution is 5.87. The van der Waals surface area contributed by atoms with Gasteiger partial charge in [0.1, 0.15) is 0 Å². The van der Waals surface area contributed by atoms with Crippen molar-refractivity contribution in [1.82, 2.24) is 4.90 Å². The fourth-order valence-electron chi connectivity index (χ4n) is 2.29. The fourth-order valence-corrected chi connectivity index (χ4v) is 2.29. The van der Waals surface area contributed by atoms with Crippen LogP contribution in [0.15, 0.2) is 12.1 Å². The SMILES string of the molecule is O=C(O)c1cc(F)c(OCCCN2CCCC2)c(F)c1. The lowest BCUT2D eigenvalue weighted by atomic mass is 10.2. The summed E-state index contributed by atoms with van der Waals surface area (Å²) in [6.07, 6.45) is 3.07. The second-order valence-corrected chi connectivity index (χ2v) is 4.82. The zero-order chi connectivity index (χ0) is 14.5. The predicted molar refractivity (Wildman–Crippen MR) is 69.1 cm³/mol. The van der Waals surface area contributed by atoms with Crippen molar-refractivity contribution in [2.24, 2.45) is 0 Å². The summed E-state index contributed by atoms with van der Waals surface area (Å²) in [5, 5.41) is 8.68. The molecule has 0 aromatic heterocycles. The highest BCUT2D eigenvalue weighted by atomic mass is 19.1. The van der Waals surface area contributed by atoms with Crippen LogP contribution < -0.4 is 4.74 Å². The van der Waals surface area contributed by atoms with Gasteiger partial charge in [0.05, 0.1) is 12.2 Å². The molecule has 1 aromatic rings. The van der Waals surface area contributed by atoms with Crippen LogP contribution in [0, 0.1) is 11.6 Å². The quantitative estimate of drug-likeness (QED) is 0.816. The molecule has 110 valence electrons. The van der Waals surface area contributed by atoms with E-state index in [2.05, 4.69) is 4.90 Å². The number of halogens is 2. The first-order valence-electron chi connectivity index (χ1n) is 6.65. The Morgan fingerprint density at radius 2 is 1.85 bits per heavy atom. The molecule has 0 unspecified atom stereocenters. The number of hydrogen-bond donors (Lipinski definition) is 1. The Bertz CT molecular complexity index is 464. The van der Waals surface area contributed by atoms with E-state index in [0.29, 0.717) is 6.42 Å². The number of ether oxygens (including phenoxy) is 1. The van der Waals surface area contributed by atoms with Gasteiger partial charge in [-0.15, -0.1) is 0 Å². The van der Waals surface area contributed by atoms with Gasteiger partial charge in [-0.3, -0.25) is 0 Å². The van der Waals surface area contributed by atoms with E-state index in [1.54, 1.807) is 0 Å². The third-order valence-electron chi connectivity index (χ3n) is 3.31. The number of likely N-dealkylation sites (tertiary alicyclic amines) is 1. The van der Waals surface area contributed by atoms with Crippen molar-refractivity contribution in [2.75, 3.05) is 26.2 Å². The summed E-state index contributed by atoms with van der Waals surface area (Å²) in [7, 11) is 0. The maximum absolute atomic E-state index is 13.6. The Hall–Kier alpha value is -1.69. The maximum Gasteiger partial charge on any atom is 0.335 e. The molecule has 1 N–H and O–H groups in total. The monoisotopic (exact) mass is 285 g/mol. The minimum absolute atomic E-state index is 0.205. The molecule has 20 heavy (non-hydrogen) atoms. The van der Waals surface area contributed by atoms with E-state index in [0.717, 1.165) is 31.8 Å². The van der Waals surface area contributed by atoms with Gasteiger partial charge in [0.2, 0.25) is 0 Å². The van der Waals surface area contributed by atoms with E-state index >= 15 is 0 Å². The predicted octanol–water partition coefficient (Wildman–Crippen LogP) is 2.53. The molecule has 0 radical (unpaired) electrons. The van der Waals surface area contributed by atoms with E-state index in [-0.39, 0.29) is 6.61 Å².